The number of ether oxygens (including phenoxy) is 2. The molecule has 4 atom stereocenters. The molecule has 0 spiro atoms. The molecule has 0 aliphatic heterocycles. The molecule has 0 rings (SSSR count). The largest absolute Gasteiger partial charge is 0.465 e. The number of hydroxylamine groups is 8. The highest BCUT2D eigenvalue weighted by Crippen LogP contribution is 2.12. The summed E-state index contributed by atoms with van der Waals surface area (Å²) in [5, 5.41) is 43.4. The van der Waals surface area contributed by atoms with E-state index in [1.807, 2.05) is 0 Å². The van der Waals surface area contributed by atoms with Gasteiger partial charge in [-0.3, -0.25) is 59.2 Å². The zero-order valence-electron chi connectivity index (χ0n) is 28.6. The smallest absolute Gasteiger partial charge is 0.328 e. The molecule has 0 aromatic heterocycles. The number of hydrogen-bond acceptors (Lipinski definition) is 14. The van der Waals surface area contributed by atoms with E-state index in [9.17, 15) is 59.2 Å². The third-order valence-electron chi connectivity index (χ3n) is 6.58. The number of nitrogens with zero attached hydrogens (tertiary/aromatic N) is 4. The summed E-state index contributed by atoms with van der Waals surface area (Å²) in [5.74, 6) is -7.11. The van der Waals surface area contributed by atoms with Gasteiger partial charge < -0.3 is 20.1 Å². The van der Waals surface area contributed by atoms with Crippen LogP contribution in [-0.2, 0) is 47.8 Å². The quantitative estimate of drug-likeness (QED) is 0.0575. The standard InChI is InChI=1S/2C14H25N3O7/c2*1-5-9(3)13(15-11(19)7-16(22)10(4)18)14(21)17(23)8-12(20)24-6-2/h2*9,13,22-23H,5-8H2,1-4H3,(H,15,19)/t9-,13+;9-,13-/m11/s1. The third-order valence-corrected chi connectivity index (χ3v) is 6.58. The van der Waals surface area contributed by atoms with E-state index >= 15 is 0 Å². The Labute approximate surface area is 278 Å². The zero-order valence-corrected chi connectivity index (χ0v) is 28.6. The molecule has 48 heavy (non-hydrogen) atoms. The maximum Gasteiger partial charge on any atom is 0.328 e. The highest BCUT2D eigenvalue weighted by molar-refractivity contribution is 5.91. The van der Waals surface area contributed by atoms with Gasteiger partial charge in [0.25, 0.3) is 11.8 Å². The molecule has 0 aliphatic rings. The predicted octanol–water partition coefficient (Wildman–Crippen LogP) is -0.928. The summed E-state index contributed by atoms with van der Waals surface area (Å²) in [6, 6.07) is -2.25. The minimum Gasteiger partial charge on any atom is -0.465 e. The number of nitrogens with one attached hydrogen (secondary N) is 2. The predicted molar refractivity (Wildman–Crippen MR) is 161 cm³/mol. The molecule has 0 saturated carbocycles. The van der Waals surface area contributed by atoms with Crippen LogP contribution in [0, 0.1) is 11.8 Å². The van der Waals surface area contributed by atoms with Crippen LogP contribution in [0.25, 0.3) is 0 Å². The molecule has 0 fully saturated rings. The van der Waals surface area contributed by atoms with Gasteiger partial charge in [0.1, 0.15) is 38.3 Å². The lowest BCUT2D eigenvalue weighted by atomic mass is 9.98. The summed E-state index contributed by atoms with van der Waals surface area (Å²) >= 11 is 0. The molecule has 0 radical (unpaired) electrons. The number of hydrogen-bond donors (Lipinski definition) is 6. The molecular formula is C28H50N6O14. The lowest BCUT2D eigenvalue weighted by molar-refractivity contribution is -0.179. The Morgan fingerprint density at radius 2 is 0.833 bits per heavy atom. The highest BCUT2D eigenvalue weighted by atomic mass is 16.6. The van der Waals surface area contributed by atoms with Gasteiger partial charge in [0, 0.05) is 13.8 Å². The van der Waals surface area contributed by atoms with Gasteiger partial charge in [-0.2, -0.15) is 0 Å². The second-order valence-corrected chi connectivity index (χ2v) is 10.4. The van der Waals surface area contributed by atoms with Crippen LogP contribution in [0.3, 0.4) is 0 Å². The summed E-state index contributed by atoms with van der Waals surface area (Å²) in [6.45, 7) is 9.74. The van der Waals surface area contributed by atoms with Crippen LogP contribution >= 0.6 is 0 Å². The second-order valence-electron chi connectivity index (χ2n) is 10.4. The van der Waals surface area contributed by atoms with Gasteiger partial charge in [0.15, 0.2) is 0 Å². The van der Waals surface area contributed by atoms with E-state index in [-0.39, 0.29) is 45.3 Å². The van der Waals surface area contributed by atoms with Crippen LogP contribution in [0.5, 0.6) is 0 Å². The molecule has 0 heterocycles. The van der Waals surface area contributed by atoms with Crippen LogP contribution in [0.15, 0.2) is 0 Å². The van der Waals surface area contributed by atoms with E-state index in [1.165, 1.54) is 0 Å². The van der Waals surface area contributed by atoms with Gasteiger partial charge in [-0.15, -0.1) is 0 Å². The summed E-state index contributed by atoms with van der Waals surface area (Å²) in [7, 11) is 0. The van der Waals surface area contributed by atoms with Crippen molar-refractivity contribution in [2.24, 2.45) is 11.8 Å². The van der Waals surface area contributed by atoms with Crippen LogP contribution in [0.4, 0.5) is 0 Å². The van der Waals surface area contributed by atoms with Crippen LogP contribution in [-0.4, -0.2) is 140 Å². The van der Waals surface area contributed by atoms with E-state index in [4.69, 9.17) is 0 Å². The Kier molecular flexibility index (Phi) is 22.7. The molecule has 6 N–H and O–H groups in total. The van der Waals surface area contributed by atoms with Gasteiger partial charge in [0.2, 0.25) is 23.6 Å². The Hall–Kier alpha value is -4.40. The highest BCUT2D eigenvalue weighted by Gasteiger charge is 2.32. The zero-order chi connectivity index (χ0) is 37.7. The van der Waals surface area contributed by atoms with Gasteiger partial charge >= 0.3 is 11.9 Å². The number of carbonyl (C=O) groups is 8. The number of rotatable bonds is 18. The van der Waals surface area contributed by atoms with Crippen molar-refractivity contribution < 1.29 is 68.7 Å². The van der Waals surface area contributed by atoms with Crippen molar-refractivity contribution in [2.45, 2.75) is 80.3 Å². The average Bonchev–Trinajstić information content (AvgIpc) is 3.01. The molecule has 20 heteroatoms. The van der Waals surface area contributed by atoms with Crippen molar-refractivity contribution in [1.82, 2.24) is 30.9 Å². The summed E-state index contributed by atoms with van der Waals surface area (Å²) < 4.78 is 9.26. The minimum atomic E-state index is -1.12. The van der Waals surface area contributed by atoms with E-state index in [0.717, 1.165) is 13.8 Å². The lowest BCUT2D eigenvalue weighted by Crippen LogP contribution is -2.53. The first-order chi connectivity index (χ1) is 22.3. The van der Waals surface area contributed by atoms with Gasteiger partial charge in [-0.1, -0.05) is 40.5 Å². The molecule has 276 valence electrons. The Bertz CT molecular complexity index is 1020. The minimum absolute atomic E-state index is 0.101. The van der Waals surface area contributed by atoms with Crippen LogP contribution in [0.2, 0.25) is 0 Å². The van der Waals surface area contributed by atoms with Gasteiger partial charge in [-0.05, 0) is 25.7 Å². The van der Waals surface area contributed by atoms with E-state index in [2.05, 4.69) is 20.1 Å². The fraction of sp³-hybridized carbons (Fsp3) is 0.714. The first-order valence-electron chi connectivity index (χ1n) is 15.1. The fourth-order valence-corrected chi connectivity index (χ4v) is 3.43. The first kappa shape index (κ1) is 45.7. The SMILES string of the molecule is CCOC(=O)CN(O)C(=O)[C@@H](NC(=O)CN(O)C(C)=O)[C@H](C)CC.CCOC(=O)CN(O)C(=O)[C@H](NC(=O)CN(O)C(C)=O)[C@H](C)CC. The van der Waals surface area contributed by atoms with Crippen LogP contribution < -0.4 is 10.6 Å². The van der Waals surface area contributed by atoms with Crippen molar-refractivity contribution in [2.75, 3.05) is 39.4 Å². The van der Waals surface area contributed by atoms with Crippen molar-refractivity contribution in [3.63, 3.8) is 0 Å². The molecule has 0 bridgehead atoms. The summed E-state index contributed by atoms with van der Waals surface area (Å²) in [5.41, 5.74) is 0. The topological polar surface area (TPSA) is 273 Å². The third kappa shape index (κ3) is 18.1. The molecule has 20 nitrogen and oxygen atoms in total. The Morgan fingerprint density at radius 1 is 0.542 bits per heavy atom. The lowest BCUT2D eigenvalue weighted by Gasteiger charge is -2.27. The van der Waals surface area contributed by atoms with Gasteiger partial charge in [-0.25, -0.2) is 20.3 Å². The van der Waals surface area contributed by atoms with E-state index < -0.39 is 85.6 Å². The van der Waals surface area contributed by atoms with Crippen molar-refractivity contribution in [3.05, 3.63) is 0 Å². The summed E-state index contributed by atoms with van der Waals surface area (Å²) in [4.78, 5) is 92.6. The average molecular weight is 695 g/mol. The molecule has 0 unspecified atom stereocenters. The molecule has 0 aromatic rings. The van der Waals surface area contributed by atoms with E-state index in [0.29, 0.717) is 12.8 Å². The maximum atomic E-state index is 12.2. The fourth-order valence-electron chi connectivity index (χ4n) is 3.43. The van der Waals surface area contributed by atoms with E-state index in [1.54, 1.807) is 41.5 Å². The monoisotopic (exact) mass is 694 g/mol. The Balaban J connectivity index is 0. The normalized spacial score (nSPS) is 12.8. The first-order valence-corrected chi connectivity index (χ1v) is 15.1. The number of esters is 2. The molecule has 0 saturated heterocycles. The Morgan fingerprint density at radius 3 is 1.06 bits per heavy atom. The van der Waals surface area contributed by atoms with Crippen molar-refractivity contribution in [3.8, 4) is 0 Å². The van der Waals surface area contributed by atoms with Crippen molar-refractivity contribution >= 4 is 47.4 Å². The van der Waals surface area contributed by atoms with Gasteiger partial charge in [0.05, 0.1) is 13.2 Å². The maximum absolute atomic E-state index is 12.2. The van der Waals surface area contributed by atoms with Crippen molar-refractivity contribution in [1.29, 1.82) is 0 Å². The summed E-state index contributed by atoms with van der Waals surface area (Å²) in [6.07, 6.45) is 0.999. The molecule has 0 aromatic carbocycles. The second kappa shape index (κ2) is 23.8. The number of amides is 6. The molecular weight excluding hydrogens is 644 g/mol. The molecule has 0 aliphatic carbocycles. The van der Waals surface area contributed by atoms with Crippen LogP contribution in [0.1, 0.15) is 68.2 Å². The molecule has 6 amide bonds. The number of carbonyl (C=O) groups excluding carboxylic acids is 8.